The Morgan fingerprint density at radius 1 is 1.22 bits per heavy atom. The minimum Gasteiger partial charge on any atom is -0.292 e. The topological polar surface area (TPSA) is 75.8 Å². The summed E-state index contributed by atoms with van der Waals surface area (Å²) < 4.78 is 1.25. The minimum absolute atomic E-state index is 0.125. The molecule has 2 aromatic carbocycles. The van der Waals surface area contributed by atoms with Crippen molar-refractivity contribution in [3.05, 3.63) is 75.3 Å². The maximum Gasteiger partial charge on any atom is 0.261 e. The van der Waals surface area contributed by atoms with Crippen molar-refractivity contribution in [3.63, 3.8) is 0 Å². The summed E-state index contributed by atoms with van der Waals surface area (Å²) in [6.07, 6.45) is 1.35. The summed E-state index contributed by atoms with van der Waals surface area (Å²) in [4.78, 5) is 28.9. The summed E-state index contributed by atoms with van der Waals surface area (Å²) in [7, 11) is 0. The number of benzene rings is 2. The van der Waals surface area contributed by atoms with E-state index < -0.39 is 0 Å². The van der Waals surface area contributed by atoms with Gasteiger partial charge in [0.2, 0.25) is 0 Å². The van der Waals surface area contributed by atoms with Crippen LogP contribution in [0.15, 0.2) is 53.6 Å². The third kappa shape index (κ3) is 2.98. The Labute approximate surface area is 136 Å². The lowest BCUT2D eigenvalue weighted by atomic mass is 10.1. The van der Waals surface area contributed by atoms with E-state index in [1.807, 2.05) is 6.07 Å². The van der Waals surface area contributed by atoms with E-state index >= 15 is 0 Å². The average molecular weight is 324 g/mol. The van der Waals surface area contributed by atoms with Crippen LogP contribution in [0.2, 0.25) is 5.02 Å². The fourth-order valence-corrected chi connectivity index (χ4v) is 2.39. The van der Waals surface area contributed by atoms with Crippen molar-refractivity contribution in [2.75, 3.05) is 0 Å². The van der Waals surface area contributed by atoms with E-state index in [-0.39, 0.29) is 17.9 Å². The Morgan fingerprint density at radius 2 is 1.96 bits per heavy atom. The molecule has 0 saturated heterocycles. The number of nitrogens with zero attached hydrogens (tertiary/aromatic N) is 3. The first-order chi connectivity index (χ1) is 11.1. The second kappa shape index (κ2) is 6.03. The van der Waals surface area contributed by atoms with Crippen LogP contribution in [0.1, 0.15) is 15.9 Å². The zero-order valence-corrected chi connectivity index (χ0v) is 12.6. The molecule has 1 heterocycles. The first-order valence-electron chi connectivity index (χ1n) is 6.76. The molecule has 5 nitrogen and oxygen atoms in total. The minimum atomic E-state index is -0.320. The van der Waals surface area contributed by atoms with Crippen molar-refractivity contribution in [3.8, 4) is 6.07 Å². The summed E-state index contributed by atoms with van der Waals surface area (Å²) in [5.74, 6) is -0.236. The van der Waals surface area contributed by atoms with Gasteiger partial charge in [0.25, 0.3) is 5.56 Å². The normalized spacial score (nSPS) is 10.4. The molecular formula is C17H10ClN3O2. The van der Waals surface area contributed by atoms with Crippen LogP contribution in [-0.2, 0) is 6.54 Å². The fraction of sp³-hybridized carbons (Fsp3) is 0.0588. The monoisotopic (exact) mass is 323 g/mol. The predicted octanol–water partition coefficient (Wildman–Crippen LogP) is 2.80. The molecule has 6 heteroatoms. The molecule has 23 heavy (non-hydrogen) atoms. The number of carbonyl (C=O) groups excluding carboxylic acids is 1. The Bertz CT molecular complexity index is 1000. The van der Waals surface area contributed by atoms with Crippen LogP contribution in [-0.4, -0.2) is 15.3 Å². The van der Waals surface area contributed by atoms with Gasteiger partial charge >= 0.3 is 0 Å². The number of carbonyl (C=O) groups is 1. The number of halogens is 1. The second-order valence-electron chi connectivity index (χ2n) is 4.95. The lowest BCUT2D eigenvalue weighted by Crippen LogP contribution is -2.24. The molecule has 0 bridgehead atoms. The molecule has 0 aliphatic carbocycles. The van der Waals surface area contributed by atoms with E-state index in [1.165, 1.54) is 17.0 Å². The fourth-order valence-electron chi connectivity index (χ4n) is 2.22. The summed E-state index contributed by atoms with van der Waals surface area (Å²) >= 11 is 5.90. The highest BCUT2D eigenvalue weighted by Gasteiger charge is 2.10. The Morgan fingerprint density at radius 3 is 2.65 bits per heavy atom. The first kappa shape index (κ1) is 14.9. The van der Waals surface area contributed by atoms with Gasteiger partial charge < -0.3 is 0 Å². The number of rotatable bonds is 3. The molecule has 0 spiro atoms. The summed E-state index contributed by atoms with van der Waals surface area (Å²) in [5, 5.41) is 9.57. The van der Waals surface area contributed by atoms with Crippen LogP contribution in [0.25, 0.3) is 10.9 Å². The number of nitriles is 1. The smallest absolute Gasteiger partial charge is 0.261 e. The predicted molar refractivity (Wildman–Crippen MR) is 86.5 cm³/mol. The number of fused-ring (bicyclic) bond motifs is 1. The van der Waals surface area contributed by atoms with Gasteiger partial charge in [-0.15, -0.1) is 0 Å². The van der Waals surface area contributed by atoms with Gasteiger partial charge in [0.1, 0.15) is 0 Å². The Balaban J connectivity index is 1.94. The lowest BCUT2D eigenvalue weighted by Gasteiger charge is -2.06. The van der Waals surface area contributed by atoms with E-state index in [0.29, 0.717) is 27.1 Å². The van der Waals surface area contributed by atoms with Gasteiger partial charge in [-0.05, 0) is 30.3 Å². The van der Waals surface area contributed by atoms with Crippen molar-refractivity contribution in [2.24, 2.45) is 0 Å². The highest BCUT2D eigenvalue weighted by Crippen LogP contribution is 2.14. The molecule has 1 aromatic heterocycles. The quantitative estimate of drug-likeness (QED) is 0.694. The Hall–Kier alpha value is -2.97. The Kier molecular flexibility index (Phi) is 3.92. The van der Waals surface area contributed by atoms with Crippen molar-refractivity contribution in [1.82, 2.24) is 9.55 Å². The molecule has 0 N–H and O–H groups in total. The molecule has 0 unspecified atom stereocenters. The van der Waals surface area contributed by atoms with E-state index in [9.17, 15) is 9.59 Å². The van der Waals surface area contributed by atoms with Crippen LogP contribution < -0.4 is 5.56 Å². The lowest BCUT2D eigenvalue weighted by molar-refractivity contribution is 0.0970. The first-order valence-corrected chi connectivity index (χ1v) is 7.14. The molecule has 0 fully saturated rings. The largest absolute Gasteiger partial charge is 0.292 e. The van der Waals surface area contributed by atoms with Gasteiger partial charge in [0, 0.05) is 10.6 Å². The van der Waals surface area contributed by atoms with E-state index in [1.54, 1.807) is 36.4 Å². The zero-order valence-electron chi connectivity index (χ0n) is 11.9. The molecule has 0 atom stereocenters. The molecule has 112 valence electrons. The molecule has 3 rings (SSSR count). The molecule has 3 aromatic rings. The van der Waals surface area contributed by atoms with Gasteiger partial charge in [-0.3, -0.25) is 14.2 Å². The average Bonchev–Trinajstić information content (AvgIpc) is 2.58. The van der Waals surface area contributed by atoms with E-state index in [2.05, 4.69) is 4.98 Å². The molecule has 0 aliphatic rings. The van der Waals surface area contributed by atoms with Crippen LogP contribution in [0, 0.1) is 11.3 Å². The second-order valence-corrected chi connectivity index (χ2v) is 5.39. The van der Waals surface area contributed by atoms with Crippen molar-refractivity contribution >= 4 is 28.3 Å². The van der Waals surface area contributed by atoms with E-state index in [0.717, 1.165) is 0 Å². The number of ketones is 1. The van der Waals surface area contributed by atoms with Crippen LogP contribution in [0.3, 0.4) is 0 Å². The third-order valence-corrected chi connectivity index (χ3v) is 3.67. The van der Waals surface area contributed by atoms with Gasteiger partial charge in [-0.1, -0.05) is 23.7 Å². The van der Waals surface area contributed by atoms with Crippen molar-refractivity contribution < 1.29 is 4.79 Å². The molecule has 0 aliphatic heterocycles. The van der Waals surface area contributed by atoms with Gasteiger partial charge in [0.15, 0.2) is 5.78 Å². The van der Waals surface area contributed by atoms with Crippen molar-refractivity contribution in [1.29, 1.82) is 5.26 Å². The summed E-state index contributed by atoms with van der Waals surface area (Å²) in [6, 6.07) is 13.1. The number of hydrogen-bond acceptors (Lipinski definition) is 4. The SMILES string of the molecule is N#Cc1ccc(C(=O)Cn2cnc3ccc(Cl)cc3c2=O)cc1. The molecular weight excluding hydrogens is 314 g/mol. The summed E-state index contributed by atoms with van der Waals surface area (Å²) in [6.45, 7) is -0.125. The van der Waals surface area contributed by atoms with Gasteiger partial charge in [-0.2, -0.15) is 5.26 Å². The highest BCUT2D eigenvalue weighted by atomic mass is 35.5. The van der Waals surface area contributed by atoms with Crippen molar-refractivity contribution in [2.45, 2.75) is 6.54 Å². The molecule has 0 radical (unpaired) electrons. The number of Topliss-reactive ketones (excluding diaryl/α,β-unsaturated/α-hetero) is 1. The van der Waals surface area contributed by atoms with Gasteiger partial charge in [-0.25, -0.2) is 4.98 Å². The summed E-state index contributed by atoms with van der Waals surface area (Å²) in [5.41, 5.74) is 1.11. The maximum atomic E-state index is 12.4. The number of hydrogen-bond donors (Lipinski definition) is 0. The zero-order chi connectivity index (χ0) is 16.4. The number of aromatic nitrogens is 2. The van der Waals surface area contributed by atoms with Crippen LogP contribution in [0.5, 0.6) is 0 Å². The maximum absolute atomic E-state index is 12.4. The molecule has 0 saturated carbocycles. The van der Waals surface area contributed by atoms with Gasteiger partial charge in [0.05, 0.1) is 35.4 Å². The van der Waals surface area contributed by atoms with E-state index in [4.69, 9.17) is 16.9 Å². The highest BCUT2D eigenvalue weighted by molar-refractivity contribution is 6.31. The third-order valence-electron chi connectivity index (χ3n) is 3.44. The van der Waals surface area contributed by atoms with Crippen LogP contribution >= 0.6 is 11.6 Å². The van der Waals surface area contributed by atoms with Crippen LogP contribution in [0.4, 0.5) is 0 Å². The molecule has 0 amide bonds. The standard InChI is InChI=1S/C17H10ClN3O2/c18-13-5-6-15-14(7-13)17(23)21(10-20-15)9-16(22)12-3-1-11(8-19)2-4-12/h1-7,10H,9H2.